The molecule has 0 bridgehead atoms. The molecule has 0 aliphatic carbocycles. The predicted octanol–water partition coefficient (Wildman–Crippen LogP) is 5.07. The molecule has 0 amide bonds. The van der Waals surface area contributed by atoms with Gasteiger partial charge >= 0.3 is 0 Å². The lowest BCUT2D eigenvalue weighted by Crippen LogP contribution is -2.42. The van der Waals surface area contributed by atoms with Gasteiger partial charge in [-0.3, -0.25) is 0 Å². The van der Waals surface area contributed by atoms with Crippen molar-refractivity contribution in [1.82, 2.24) is 9.97 Å². The summed E-state index contributed by atoms with van der Waals surface area (Å²) in [6, 6.07) is 10.8. The Kier molecular flexibility index (Phi) is 5.40. The van der Waals surface area contributed by atoms with Crippen LogP contribution in [0.25, 0.3) is 0 Å². The molecule has 1 saturated heterocycles. The average molecular weight is 344 g/mol. The lowest BCUT2D eigenvalue weighted by atomic mass is 9.77. The number of benzene rings is 1. The third-order valence-electron chi connectivity index (χ3n) is 5.17. The summed E-state index contributed by atoms with van der Waals surface area (Å²) >= 11 is 6.18. The summed E-state index contributed by atoms with van der Waals surface area (Å²) in [7, 11) is 0. The van der Waals surface area contributed by atoms with Crippen LogP contribution in [0.3, 0.4) is 0 Å². The number of piperidine rings is 1. The van der Waals surface area contributed by atoms with Gasteiger partial charge in [-0.05, 0) is 50.0 Å². The van der Waals surface area contributed by atoms with Gasteiger partial charge in [-0.15, -0.1) is 0 Å². The van der Waals surface area contributed by atoms with Crippen LogP contribution in [0.1, 0.15) is 43.7 Å². The van der Waals surface area contributed by atoms with E-state index in [2.05, 4.69) is 52.1 Å². The normalized spacial score (nSPS) is 21.0. The van der Waals surface area contributed by atoms with E-state index in [4.69, 9.17) is 11.6 Å². The molecule has 3 nitrogen and oxygen atoms in total. The molecule has 0 spiro atoms. The second kappa shape index (κ2) is 7.52. The molecular weight excluding hydrogens is 318 g/mol. The highest BCUT2D eigenvalue weighted by atomic mass is 35.5. The second-order valence-corrected chi connectivity index (χ2v) is 7.65. The Morgan fingerprint density at radius 3 is 2.79 bits per heavy atom. The quantitative estimate of drug-likeness (QED) is 0.710. The number of nitrogens with zero attached hydrogens (tertiary/aromatic N) is 3. The smallest absolute Gasteiger partial charge is 0.137 e. The van der Waals surface area contributed by atoms with Crippen LogP contribution in [0, 0.1) is 12.3 Å². The average Bonchev–Trinajstić information content (AvgIpc) is 2.58. The highest BCUT2D eigenvalue weighted by Crippen LogP contribution is 2.37. The molecule has 0 radical (unpaired) electrons. The van der Waals surface area contributed by atoms with E-state index in [9.17, 15) is 0 Å². The van der Waals surface area contributed by atoms with Gasteiger partial charge in [0.15, 0.2) is 0 Å². The number of hydrogen-bond acceptors (Lipinski definition) is 3. The van der Waals surface area contributed by atoms with Crippen molar-refractivity contribution >= 4 is 17.4 Å². The molecule has 0 saturated carbocycles. The first kappa shape index (κ1) is 17.2. The van der Waals surface area contributed by atoms with Gasteiger partial charge in [0.1, 0.15) is 17.3 Å². The SMILES string of the molecule is Cc1c(Cl)ncnc1N1CCCC(C)(CCCc2ccccc2)C1. The maximum absolute atomic E-state index is 6.18. The van der Waals surface area contributed by atoms with E-state index in [0.29, 0.717) is 10.6 Å². The van der Waals surface area contributed by atoms with Crippen LogP contribution in [0.15, 0.2) is 36.7 Å². The second-order valence-electron chi connectivity index (χ2n) is 7.29. The van der Waals surface area contributed by atoms with Crippen molar-refractivity contribution in [2.75, 3.05) is 18.0 Å². The van der Waals surface area contributed by atoms with Crippen LogP contribution in [0.4, 0.5) is 5.82 Å². The maximum atomic E-state index is 6.18. The fourth-order valence-corrected chi connectivity index (χ4v) is 3.93. The van der Waals surface area contributed by atoms with Gasteiger partial charge in [0.2, 0.25) is 0 Å². The molecule has 1 aromatic carbocycles. The van der Waals surface area contributed by atoms with Crippen LogP contribution in [-0.2, 0) is 6.42 Å². The van der Waals surface area contributed by atoms with E-state index in [1.54, 1.807) is 6.33 Å². The molecule has 1 unspecified atom stereocenters. The lowest BCUT2D eigenvalue weighted by Gasteiger charge is -2.41. The number of hydrogen-bond donors (Lipinski definition) is 0. The van der Waals surface area contributed by atoms with E-state index >= 15 is 0 Å². The third-order valence-corrected chi connectivity index (χ3v) is 5.55. The Bertz CT molecular complexity index is 674. The van der Waals surface area contributed by atoms with Crippen LogP contribution < -0.4 is 4.90 Å². The van der Waals surface area contributed by atoms with Crippen LogP contribution in [0.2, 0.25) is 5.15 Å². The van der Waals surface area contributed by atoms with E-state index in [1.165, 1.54) is 31.2 Å². The summed E-state index contributed by atoms with van der Waals surface area (Å²) in [5.41, 5.74) is 2.77. The molecule has 0 N–H and O–H groups in total. The van der Waals surface area contributed by atoms with Crippen LogP contribution in [-0.4, -0.2) is 23.1 Å². The van der Waals surface area contributed by atoms with E-state index in [-0.39, 0.29) is 0 Å². The fourth-order valence-electron chi connectivity index (χ4n) is 3.80. The molecule has 2 heterocycles. The molecular formula is C20H26ClN3. The Hall–Kier alpha value is -1.61. The molecule has 1 atom stereocenters. The number of aryl methyl sites for hydroxylation is 1. The van der Waals surface area contributed by atoms with Crippen molar-refractivity contribution in [2.24, 2.45) is 5.41 Å². The first-order valence-corrected chi connectivity index (χ1v) is 9.21. The zero-order valence-corrected chi connectivity index (χ0v) is 15.4. The zero-order valence-electron chi connectivity index (χ0n) is 14.6. The van der Waals surface area contributed by atoms with Gasteiger partial charge < -0.3 is 4.90 Å². The van der Waals surface area contributed by atoms with Crippen molar-refractivity contribution in [2.45, 2.75) is 46.0 Å². The highest BCUT2D eigenvalue weighted by Gasteiger charge is 2.31. The van der Waals surface area contributed by atoms with Crippen molar-refractivity contribution in [1.29, 1.82) is 0 Å². The van der Waals surface area contributed by atoms with Crippen molar-refractivity contribution < 1.29 is 0 Å². The minimum Gasteiger partial charge on any atom is -0.356 e. The number of halogens is 1. The summed E-state index contributed by atoms with van der Waals surface area (Å²) in [5.74, 6) is 1.00. The molecule has 1 aliphatic heterocycles. The molecule has 1 aliphatic rings. The van der Waals surface area contributed by atoms with Gasteiger partial charge in [0.05, 0.1) is 0 Å². The molecule has 4 heteroatoms. The summed E-state index contributed by atoms with van der Waals surface area (Å²) in [4.78, 5) is 11.0. The molecule has 24 heavy (non-hydrogen) atoms. The Morgan fingerprint density at radius 1 is 1.21 bits per heavy atom. The largest absolute Gasteiger partial charge is 0.356 e. The van der Waals surface area contributed by atoms with Crippen molar-refractivity contribution in [3.8, 4) is 0 Å². The molecule has 1 aromatic heterocycles. The van der Waals surface area contributed by atoms with Gasteiger partial charge in [-0.1, -0.05) is 48.9 Å². The monoisotopic (exact) mass is 343 g/mol. The van der Waals surface area contributed by atoms with E-state index in [1.807, 2.05) is 6.92 Å². The maximum Gasteiger partial charge on any atom is 0.137 e. The van der Waals surface area contributed by atoms with Gasteiger partial charge in [-0.25, -0.2) is 9.97 Å². The van der Waals surface area contributed by atoms with Gasteiger partial charge in [-0.2, -0.15) is 0 Å². The summed E-state index contributed by atoms with van der Waals surface area (Å²) < 4.78 is 0. The van der Waals surface area contributed by atoms with Gasteiger partial charge in [0, 0.05) is 18.7 Å². The predicted molar refractivity (Wildman–Crippen MR) is 101 cm³/mol. The molecule has 128 valence electrons. The number of aromatic nitrogens is 2. The minimum absolute atomic E-state index is 0.344. The standard InChI is InChI=1S/C20H26ClN3/c1-16-18(21)22-15-23-19(16)24-13-7-12-20(2,14-24)11-6-10-17-8-4-3-5-9-17/h3-5,8-9,15H,6-7,10-14H2,1-2H3. The topological polar surface area (TPSA) is 29.0 Å². The minimum atomic E-state index is 0.344. The van der Waals surface area contributed by atoms with Crippen LogP contribution >= 0.6 is 11.6 Å². The first-order chi connectivity index (χ1) is 11.6. The molecule has 2 aromatic rings. The Morgan fingerprint density at radius 2 is 2.00 bits per heavy atom. The third kappa shape index (κ3) is 4.07. The summed E-state index contributed by atoms with van der Waals surface area (Å²) in [6.45, 7) is 6.54. The Labute approximate surface area is 150 Å². The first-order valence-electron chi connectivity index (χ1n) is 8.83. The van der Waals surface area contributed by atoms with Crippen molar-refractivity contribution in [3.05, 3.63) is 52.9 Å². The molecule has 3 rings (SSSR count). The fraction of sp³-hybridized carbons (Fsp3) is 0.500. The van der Waals surface area contributed by atoms with Gasteiger partial charge in [0.25, 0.3) is 0 Å². The summed E-state index contributed by atoms with van der Waals surface area (Å²) in [6.07, 6.45) is 7.72. The highest BCUT2D eigenvalue weighted by molar-refractivity contribution is 6.30. The van der Waals surface area contributed by atoms with E-state index < -0.39 is 0 Å². The lowest BCUT2D eigenvalue weighted by molar-refractivity contribution is 0.235. The van der Waals surface area contributed by atoms with Crippen molar-refractivity contribution in [3.63, 3.8) is 0 Å². The van der Waals surface area contributed by atoms with Crippen LogP contribution in [0.5, 0.6) is 0 Å². The van der Waals surface area contributed by atoms with E-state index in [0.717, 1.165) is 30.9 Å². The zero-order chi connectivity index (χ0) is 17.0. The molecule has 1 fully saturated rings. The summed E-state index contributed by atoms with van der Waals surface area (Å²) in [5, 5.41) is 0.566. The number of anilines is 1. The number of rotatable bonds is 5. The Balaban J connectivity index is 1.62.